The van der Waals surface area contributed by atoms with Crippen LogP contribution in [0.5, 0.6) is 0 Å². The van der Waals surface area contributed by atoms with Crippen molar-refractivity contribution in [2.24, 2.45) is 5.73 Å². The van der Waals surface area contributed by atoms with E-state index in [1.165, 1.54) is 11.5 Å². The lowest BCUT2D eigenvalue weighted by molar-refractivity contribution is 0.191. The smallest absolute Gasteiger partial charge is 0.0671 e. The molecule has 0 saturated carbocycles. The van der Waals surface area contributed by atoms with Crippen molar-refractivity contribution in [1.82, 2.24) is 9.88 Å². The maximum atomic E-state index is 6.11. The average Bonchev–Trinajstić information content (AvgIpc) is 2.31. The number of rotatable bonds is 3. The maximum absolute atomic E-state index is 6.11. The summed E-state index contributed by atoms with van der Waals surface area (Å²) >= 11 is 2.02. The molecule has 0 spiro atoms. The van der Waals surface area contributed by atoms with Crippen LogP contribution in [-0.4, -0.2) is 40.5 Å². The Morgan fingerprint density at radius 2 is 2.12 bits per heavy atom. The predicted molar refractivity (Wildman–Crippen MR) is 69.5 cm³/mol. The summed E-state index contributed by atoms with van der Waals surface area (Å²) in [6, 6.07) is 6.46. The minimum atomic E-state index is 0.123. The second-order valence-corrected chi connectivity index (χ2v) is 5.43. The maximum Gasteiger partial charge on any atom is 0.0671 e. The Bertz CT molecular complexity index is 309. The SMILES string of the molecule is CC(N)C(c1ccccn1)N1CCSCC1. The average molecular weight is 237 g/mol. The highest BCUT2D eigenvalue weighted by Gasteiger charge is 2.26. The normalized spacial score (nSPS) is 21.6. The minimum absolute atomic E-state index is 0.123. The molecular weight excluding hydrogens is 218 g/mol. The second kappa shape index (κ2) is 5.66. The zero-order chi connectivity index (χ0) is 11.4. The van der Waals surface area contributed by atoms with E-state index < -0.39 is 0 Å². The van der Waals surface area contributed by atoms with Gasteiger partial charge in [-0.25, -0.2) is 0 Å². The first-order valence-corrected chi connectivity index (χ1v) is 6.93. The molecule has 1 aliphatic rings. The third kappa shape index (κ3) is 2.75. The van der Waals surface area contributed by atoms with Crippen molar-refractivity contribution in [1.29, 1.82) is 0 Å². The number of thioether (sulfide) groups is 1. The second-order valence-electron chi connectivity index (χ2n) is 4.21. The summed E-state index contributed by atoms with van der Waals surface area (Å²) in [5.41, 5.74) is 7.21. The van der Waals surface area contributed by atoms with E-state index in [1.807, 2.05) is 30.1 Å². The molecule has 2 heterocycles. The predicted octanol–water partition coefficient (Wildman–Crippen LogP) is 1.52. The van der Waals surface area contributed by atoms with Gasteiger partial charge in [0.15, 0.2) is 0 Å². The van der Waals surface area contributed by atoms with E-state index in [0.717, 1.165) is 18.8 Å². The summed E-state index contributed by atoms with van der Waals surface area (Å²) in [5, 5.41) is 0. The molecule has 1 aromatic rings. The Labute approximate surface area is 101 Å². The number of nitrogens with two attached hydrogens (primary N) is 1. The Balaban J connectivity index is 2.16. The summed E-state index contributed by atoms with van der Waals surface area (Å²) < 4.78 is 0. The highest BCUT2D eigenvalue weighted by Crippen LogP contribution is 2.24. The molecule has 3 nitrogen and oxygen atoms in total. The van der Waals surface area contributed by atoms with Crippen LogP contribution in [-0.2, 0) is 0 Å². The van der Waals surface area contributed by atoms with Crippen molar-refractivity contribution in [3.63, 3.8) is 0 Å². The minimum Gasteiger partial charge on any atom is -0.326 e. The van der Waals surface area contributed by atoms with Crippen molar-refractivity contribution in [3.05, 3.63) is 30.1 Å². The summed E-state index contributed by atoms with van der Waals surface area (Å²) in [6.07, 6.45) is 1.85. The molecule has 2 N–H and O–H groups in total. The molecule has 1 fully saturated rings. The van der Waals surface area contributed by atoms with Crippen molar-refractivity contribution in [2.45, 2.75) is 19.0 Å². The van der Waals surface area contributed by atoms with E-state index in [-0.39, 0.29) is 12.1 Å². The summed E-state index contributed by atoms with van der Waals surface area (Å²) in [7, 11) is 0. The summed E-state index contributed by atoms with van der Waals surface area (Å²) in [5.74, 6) is 2.41. The molecule has 88 valence electrons. The van der Waals surface area contributed by atoms with Gasteiger partial charge in [-0.1, -0.05) is 6.07 Å². The molecule has 1 aromatic heterocycles. The molecule has 16 heavy (non-hydrogen) atoms. The Hall–Kier alpha value is -0.580. The molecule has 0 radical (unpaired) electrons. The zero-order valence-corrected chi connectivity index (χ0v) is 10.5. The number of aromatic nitrogens is 1. The van der Waals surface area contributed by atoms with Crippen molar-refractivity contribution in [2.75, 3.05) is 24.6 Å². The monoisotopic (exact) mass is 237 g/mol. The molecule has 0 aliphatic carbocycles. The van der Waals surface area contributed by atoms with E-state index in [2.05, 4.69) is 22.9 Å². The van der Waals surface area contributed by atoms with Crippen LogP contribution in [0, 0.1) is 0 Å². The van der Waals surface area contributed by atoms with Gasteiger partial charge in [0.1, 0.15) is 0 Å². The molecule has 1 aliphatic heterocycles. The van der Waals surface area contributed by atoms with Crippen LogP contribution in [0.1, 0.15) is 18.7 Å². The highest BCUT2D eigenvalue weighted by molar-refractivity contribution is 7.99. The van der Waals surface area contributed by atoms with Gasteiger partial charge in [-0.3, -0.25) is 9.88 Å². The van der Waals surface area contributed by atoms with Gasteiger partial charge in [-0.15, -0.1) is 0 Å². The van der Waals surface area contributed by atoms with E-state index in [0.29, 0.717) is 0 Å². The van der Waals surface area contributed by atoms with E-state index in [1.54, 1.807) is 0 Å². The third-order valence-corrected chi connectivity index (χ3v) is 3.87. The molecular formula is C12H19N3S. The largest absolute Gasteiger partial charge is 0.326 e. The fourth-order valence-corrected chi connectivity index (χ4v) is 3.13. The van der Waals surface area contributed by atoms with Crippen molar-refractivity contribution >= 4 is 11.8 Å². The topological polar surface area (TPSA) is 42.1 Å². The van der Waals surface area contributed by atoms with Crippen LogP contribution >= 0.6 is 11.8 Å². The molecule has 0 amide bonds. The van der Waals surface area contributed by atoms with E-state index >= 15 is 0 Å². The van der Waals surface area contributed by atoms with Gasteiger partial charge < -0.3 is 5.73 Å². The van der Waals surface area contributed by atoms with Crippen LogP contribution in [0.25, 0.3) is 0 Å². The van der Waals surface area contributed by atoms with Gasteiger partial charge in [0.2, 0.25) is 0 Å². The summed E-state index contributed by atoms with van der Waals surface area (Å²) in [6.45, 7) is 4.31. The number of hydrogen-bond donors (Lipinski definition) is 1. The Morgan fingerprint density at radius 3 is 2.69 bits per heavy atom. The van der Waals surface area contributed by atoms with Crippen molar-refractivity contribution in [3.8, 4) is 0 Å². The highest BCUT2D eigenvalue weighted by atomic mass is 32.2. The molecule has 1 saturated heterocycles. The Morgan fingerprint density at radius 1 is 1.38 bits per heavy atom. The molecule has 4 heteroatoms. The number of hydrogen-bond acceptors (Lipinski definition) is 4. The van der Waals surface area contributed by atoms with Gasteiger partial charge in [0.05, 0.1) is 11.7 Å². The van der Waals surface area contributed by atoms with Crippen LogP contribution < -0.4 is 5.73 Å². The van der Waals surface area contributed by atoms with Gasteiger partial charge >= 0.3 is 0 Å². The molecule has 0 aromatic carbocycles. The molecule has 2 atom stereocenters. The lowest BCUT2D eigenvalue weighted by atomic mass is 10.0. The first kappa shape index (κ1) is 11.9. The first-order valence-electron chi connectivity index (χ1n) is 5.77. The zero-order valence-electron chi connectivity index (χ0n) is 9.67. The fraction of sp³-hybridized carbons (Fsp3) is 0.583. The van der Waals surface area contributed by atoms with Crippen LogP contribution in [0.15, 0.2) is 24.4 Å². The van der Waals surface area contributed by atoms with Crippen LogP contribution in [0.2, 0.25) is 0 Å². The van der Waals surface area contributed by atoms with Gasteiger partial charge in [-0.05, 0) is 19.1 Å². The Kier molecular flexibility index (Phi) is 4.21. The molecule has 0 bridgehead atoms. The van der Waals surface area contributed by atoms with E-state index in [9.17, 15) is 0 Å². The number of pyridine rings is 1. The van der Waals surface area contributed by atoms with Gasteiger partial charge in [0, 0.05) is 36.8 Å². The first-order chi connectivity index (χ1) is 7.79. The van der Waals surface area contributed by atoms with E-state index in [4.69, 9.17) is 5.73 Å². The van der Waals surface area contributed by atoms with Crippen LogP contribution in [0.3, 0.4) is 0 Å². The van der Waals surface area contributed by atoms with Gasteiger partial charge in [0.25, 0.3) is 0 Å². The lowest BCUT2D eigenvalue weighted by Crippen LogP contribution is -2.43. The van der Waals surface area contributed by atoms with Gasteiger partial charge in [-0.2, -0.15) is 11.8 Å². The summed E-state index contributed by atoms with van der Waals surface area (Å²) in [4.78, 5) is 6.91. The molecule has 2 rings (SSSR count). The molecule has 2 unspecified atom stereocenters. The third-order valence-electron chi connectivity index (χ3n) is 2.93. The quantitative estimate of drug-likeness (QED) is 0.865. The fourth-order valence-electron chi connectivity index (χ4n) is 2.20. The van der Waals surface area contributed by atoms with Crippen molar-refractivity contribution < 1.29 is 0 Å². The standard InChI is InChI=1S/C12H19N3S/c1-10(13)12(11-4-2-3-5-14-11)15-6-8-16-9-7-15/h2-5,10,12H,6-9,13H2,1H3. The lowest BCUT2D eigenvalue weighted by Gasteiger charge is -2.36. The number of nitrogens with zero attached hydrogens (tertiary/aromatic N) is 2. The van der Waals surface area contributed by atoms with Crippen LogP contribution in [0.4, 0.5) is 0 Å².